The molecule has 0 aromatic heterocycles. The van der Waals surface area contributed by atoms with Gasteiger partial charge in [0.1, 0.15) is 10.6 Å². The highest BCUT2D eigenvalue weighted by Crippen LogP contribution is 2.23. The zero-order chi connectivity index (χ0) is 15.2. The smallest absolute Gasteiger partial charge is 0.242 e. The molecule has 8 heteroatoms. The van der Waals surface area contributed by atoms with E-state index in [-0.39, 0.29) is 23.5 Å². The van der Waals surface area contributed by atoms with Gasteiger partial charge in [-0.1, -0.05) is 0 Å². The Morgan fingerprint density at radius 1 is 1.35 bits per heavy atom. The average molecular weight is 301 g/mol. The fourth-order valence-electron chi connectivity index (χ4n) is 1.61. The second-order valence-corrected chi connectivity index (χ2v) is 5.96. The number of primary amides is 1. The summed E-state index contributed by atoms with van der Waals surface area (Å²) in [5, 5.41) is 0. The fraction of sp³-hybridized carbons (Fsp3) is 0.417. The van der Waals surface area contributed by atoms with Gasteiger partial charge in [0.15, 0.2) is 0 Å². The van der Waals surface area contributed by atoms with E-state index in [0.717, 1.165) is 0 Å². The van der Waals surface area contributed by atoms with Crippen molar-refractivity contribution in [3.63, 3.8) is 0 Å². The molecule has 1 aromatic carbocycles. The predicted octanol–water partition coefficient (Wildman–Crippen LogP) is 0.211. The number of rotatable bonds is 8. The van der Waals surface area contributed by atoms with E-state index >= 15 is 0 Å². The van der Waals surface area contributed by atoms with Crippen molar-refractivity contribution in [2.75, 3.05) is 19.4 Å². The number of amides is 1. The summed E-state index contributed by atoms with van der Waals surface area (Å²) in [4.78, 5) is 10.5. The normalized spacial score (nSPS) is 11.2. The standard InChI is InChI=1S/C12H19N3O4S/c1-19-9-5-6-11(10(13)8-9)20(17,18)15-7-3-2-4-12(14)16/h5-6,8,15H,2-4,7,13H2,1H3,(H2,14,16). The molecule has 5 N–H and O–H groups in total. The van der Waals surface area contributed by atoms with Crippen molar-refractivity contribution >= 4 is 21.6 Å². The molecule has 112 valence electrons. The summed E-state index contributed by atoms with van der Waals surface area (Å²) in [6.45, 7) is 0.223. The number of nitrogens with one attached hydrogen (secondary N) is 1. The van der Waals surface area contributed by atoms with Gasteiger partial charge in [0.25, 0.3) is 0 Å². The van der Waals surface area contributed by atoms with Crippen LogP contribution < -0.4 is 20.9 Å². The molecular formula is C12H19N3O4S. The van der Waals surface area contributed by atoms with Gasteiger partial charge in [0.2, 0.25) is 15.9 Å². The first-order valence-corrected chi connectivity index (χ1v) is 7.56. The van der Waals surface area contributed by atoms with Gasteiger partial charge in [-0.15, -0.1) is 0 Å². The van der Waals surface area contributed by atoms with E-state index in [4.69, 9.17) is 16.2 Å². The molecule has 0 aliphatic carbocycles. The first-order chi connectivity index (χ1) is 9.36. The maximum atomic E-state index is 12.0. The molecule has 0 fully saturated rings. The maximum Gasteiger partial charge on any atom is 0.242 e. The Balaban J connectivity index is 2.62. The number of carbonyl (C=O) groups is 1. The maximum absolute atomic E-state index is 12.0. The molecule has 0 aliphatic heterocycles. The molecule has 0 unspecified atom stereocenters. The molecule has 0 spiro atoms. The van der Waals surface area contributed by atoms with Crippen LogP contribution in [0.25, 0.3) is 0 Å². The van der Waals surface area contributed by atoms with Gasteiger partial charge >= 0.3 is 0 Å². The lowest BCUT2D eigenvalue weighted by Crippen LogP contribution is -2.25. The third-order valence-electron chi connectivity index (χ3n) is 2.65. The first-order valence-electron chi connectivity index (χ1n) is 6.08. The third-order valence-corrected chi connectivity index (χ3v) is 4.18. The van der Waals surface area contributed by atoms with Gasteiger partial charge in [-0.05, 0) is 25.0 Å². The lowest BCUT2D eigenvalue weighted by Gasteiger charge is -2.10. The number of benzene rings is 1. The number of methoxy groups -OCH3 is 1. The highest BCUT2D eigenvalue weighted by atomic mass is 32.2. The lowest BCUT2D eigenvalue weighted by atomic mass is 10.2. The Bertz CT molecular complexity index is 572. The fourth-order valence-corrected chi connectivity index (χ4v) is 2.79. The van der Waals surface area contributed by atoms with Gasteiger partial charge in [-0.2, -0.15) is 0 Å². The average Bonchev–Trinajstić information content (AvgIpc) is 2.37. The molecule has 0 saturated heterocycles. The van der Waals surface area contributed by atoms with E-state index in [9.17, 15) is 13.2 Å². The minimum Gasteiger partial charge on any atom is -0.497 e. The van der Waals surface area contributed by atoms with Crippen LogP contribution in [0.2, 0.25) is 0 Å². The number of unbranched alkanes of at least 4 members (excludes halogenated alkanes) is 1. The molecule has 1 amide bonds. The summed E-state index contributed by atoms with van der Waals surface area (Å²) in [5.41, 5.74) is 10.8. The lowest BCUT2D eigenvalue weighted by molar-refractivity contribution is -0.118. The second-order valence-electron chi connectivity index (χ2n) is 4.22. The van der Waals surface area contributed by atoms with Crippen molar-refractivity contribution in [3.8, 4) is 5.75 Å². The molecule has 1 rings (SSSR count). The largest absolute Gasteiger partial charge is 0.497 e. The van der Waals surface area contributed by atoms with Crippen LogP contribution in [0.5, 0.6) is 5.75 Å². The predicted molar refractivity (Wildman–Crippen MR) is 75.6 cm³/mol. The van der Waals surface area contributed by atoms with Crippen molar-refractivity contribution in [2.45, 2.75) is 24.2 Å². The summed E-state index contributed by atoms with van der Waals surface area (Å²) in [6, 6.07) is 4.36. The number of hydrogen-bond donors (Lipinski definition) is 3. The van der Waals surface area contributed by atoms with Crippen molar-refractivity contribution in [1.82, 2.24) is 4.72 Å². The third kappa shape index (κ3) is 4.71. The van der Waals surface area contributed by atoms with E-state index in [1.807, 2.05) is 0 Å². The Hall–Kier alpha value is -1.80. The summed E-state index contributed by atoms with van der Waals surface area (Å²) >= 11 is 0. The molecular weight excluding hydrogens is 282 g/mol. The number of nitrogens with two attached hydrogens (primary N) is 2. The zero-order valence-corrected chi connectivity index (χ0v) is 12.1. The molecule has 0 bridgehead atoms. The molecule has 0 heterocycles. The van der Waals surface area contributed by atoms with Crippen LogP contribution in [0.4, 0.5) is 5.69 Å². The van der Waals surface area contributed by atoms with Gasteiger partial charge in [-0.25, -0.2) is 13.1 Å². The van der Waals surface area contributed by atoms with Gasteiger partial charge in [0.05, 0.1) is 12.8 Å². The van der Waals surface area contributed by atoms with Crippen LogP contribution in [0.3, 0.4) is 0 Å². The monoisotopic (exact) mass is 301 g/mol. The van der Waals surface area contributed by atoms with Crippen molar-refractivity contribution in [2.24, 2.45) is 5.73 Å². The number of anilines is 1. The van der Waals surface area contributed by atoms with Crippen LogP contribution >= 0.6 is 0 Å². The molecule has 0 aliphatic rings. The molecule has 0 saturated carbocycles. The second kappa shape index (κ2) is 7.11. The number of ether oxygens (including phenoxy) is 1. The van der Waals surface area contributed by atoms with Gasteiger partial charge in [-0.3, -0.25) is 4.79 Å². The first kappa shape index (κ1) is 16.3. The van der Waals surface area contributed by atoms with Crippen LogP contribution in [0.15, 0.2) is 23.1 Å². The Kier molecular flexibility index (Phi) is 5.78. The summed E-state index contributed by atoms with van der Waals surface area (Å²) < 4.78 is 31.4. The van der Waals surface area contributed by atoms with Gasteiger partial charge in [0, 0.05) is 19.0 Å². The molecule has 1 aromatic rings. The summed E-state index contributed by atoms with van der Waals surface area (Å²) in [7, 11) is -2.19. The number of nitrogen functional groups attached to an aromatic ring is 1. The van der Waals surface area contributed by atoms with Crippen molar-refractivity contribution in [1.29, 1.82) is 0 Å². The Labute approximate surface area is 118 Å². The highest BCUT2D eigenvalue weighted by Gasteiger charge is 2.17. The molecule has 20 heavy (non-hydrogen) atoms. The number of hydrogen-bond acceptors (Lipinski definition) is 5. The minimum atomic E-state index is -3.66. The van der Waals surface area contributed by atoms with Crippen LogP contribution in [0, 0.1) is 0 Å². The summed E-state index contributed by atoms with van der Waals surface area (Å²) in [5.74, 6) is 0.0927. The topological polar surface area (TPSA) is 125 Å². The number of sulfonamides is 1. The van der Waals surface area contributed by atoms with Crippen LogP contribution in [-0.4, -0.2) is 28.0 Å². The highest BCUT2D eigenvalue weighted by molar-refractivity contribution is 7.89. The zero-order valence-electron chi connectivity index (χ0n) is 11.3. The SMILES string of the molecule is COc1ccc(S(=O)(=O)NCCCCC(N)=O)c(N)c1. The van der Waals surface area contributed by atoms with E-state index in [1.165, 1.54) is 25.3 Å². The van der Waals surface area contributed by atoms with Crippen molar-refractivity contribution in [3.05, 3.63) is 18.2 Å². The van der Waals surface area contributed by atoms with Gasteiger partial charge < -0.3 is 16.2 Å². The number of carbonyl (C=O) groups excluding carboxylic acids is 1. The van der Waals surface area contributed by atoms with Crippen molar-refractivity contribution < 1.29 is 17.9 Å². The Morgan fingerprint density at radius 2 is 2.05 bits per heavy atom. The molecule has 0 radical (unpaired) electrons. The summed E-state index contributed by atoms with van der Waals surface area (Å²) in [6.07, 6.45) is 1.31. The van der Waals surface area contributed by atoms with Crippen LogP contribution in [0.1, 0.15) is 19.3 Å². The van der Waals surface area contributed by atoms with Crippen LogP contribution in [-0.2, 0) is 14.8 Å². The van der Waals surface area contributed by atoms with E-state index < -0.39 is 15.9 Å². The van der Waals surface area contributed by atoms with E-state index in [2.05, 4.69) is 4.72 Å². The minimum absolute atomic E-state index is 0.00759. The quantitative estimate of drug-likeness (QED) is 0.467. The van der Waals surface area contributed by atoms with E-state index in [0.29, 0.717) is 18.6 Å². The Morgan fingerprint density at radius 3 is 2.60 bits per heavy atom. The van der Waals surface area contributed by atoms with E-state index in [1.54, 1.807) is 0 Å². The molecule has 0 atom stereocenters. The molecule has 7 nitrogen and oxygen atoms in total.